The SMILES string of the molecule is CCCCCCCCCCCCCCCCCCCCCCCC(=O)O[C@H](COC(=O)CCCCCCCCCCCCCCCCCCCCC)COP(=O)(O)OC[C@@H](O)COP(=O)(O)OC[C@@H](COC(=O)CCCCCCCCC(C)C)OC(=O)CCCCCCCCCC(C)C. The summed E-state index contributed by atoms with van der Waals surface area (Å²) in [6.07, 6.45) is 61.6. The number of carbonyl (C=O) groups excluding carboxylic acids is 4. The Morgan fingerprint density at radius 1 is 0.273 bits per heavy atom. The van der Waals surface area contributed by atoms with Gasteiger partial charge in [0.2, 0.25) is 0 Å². The van der Waals surface area contributed by atoms with Crippen LogP contribution in [0.5, 0.6) is 0 Å². The predicted octanol–water partition coefficient (Wildman–Crippen LogP) is 23.9. The van der Waals surface area contributed by atoms with E-state index in [1.54, 1.807) is 0 Å². The first-order chi connectivity index (χ1) is 47.9. The van der Waals surface area contributed by atoms with Gasteiger partial charge in [-0.2, -0.15) is 0 Å². The van der Waals surface area contributed by atoms with Crippen LogP contribution in [0.4, 0.5) is 0 Å². The second-order valence-electron chi connectivity index (χ2n) is 29.8. The number of hydrogen-bond donors (Lipinski definition) is 3. The van der Waals surface area contributed by atoms with Gasteiger partial charge in [0.25, 0.3) is 0 Å². The molecule has 0 rings (SSSR count). The average molecular weight is 1450 g/mol. The monoisotopic (exact) mass is 1450 g/mol. The van der Waals surface area contributed by atoms with Gasteiger partial charge in [-0.25, -0.2) is 9.13 Å². The normalized spacial score (nSPS) is 13.9. The lowest BCUT2D eigenvalue weighted by Gasteiger charge is -2.21. The highest BCUT2D eigenvalue weighted by molar-refractivity contribution is 7.47. The third-order valence-corrected chi connectivity index (χ3v) is 20.6. The third-order valence-electron chi connectivity index (χ3n) is 18.7. The van der Waals surface area contributed by atoms with Crippen LogP contribution in [0, 0.1) is 11.8 Å². The molecule has 17 nitrogen and oxygen atoms in total. The van der Waals surface area contributed by atoms with E-state index in [0.29, 0.717) is 37.5 Å². The zero-order valence-electron chi connectivity index (χ0n) is 64.8. The van der Waals surface area contributed by atoms with Gasteiger partial charge in [-0.15, -0.1) is 0 Å². The first-order valence-corrected chi connectivity index (χ1v) is 44.5. The maximum Gasteiger partial charge on any atom is 0.472 e. The molecule has 0 aromatic carbocycles. The second-order valence-corrected chi connectivity index (χ2v) is 32.7. The van der Waals surface area contributed by atoms with Gasteiger partial charge in [0.1, 0.15) is 19.3 Å². The van der Waals surface area contributed by atoms with Crippen LogP contribution >= 0.6 is 15.6 Å². The van der Waals surface area contributed by atoms with E-state index in [9.17, 15) is 43.2 Å². The summed E-state index contributed by atoms with van der Waals surface area (Å²) in [6.45, 7) is 9.46. The van der Waals surface area contributed by atoms with Gasteiger partial charge in [-0.05, 0) is 37.5 Å². The molecule has 0 spiro atoms. The largest absolute Gasteiger partial charge is 0.472 e. The highest BCUT2D eigenvalue weighted by atomic mass is 31.2. The van der Waals surface area contributed by atoms with Crippen LogP contribution in [-0.2, 0) is 65.4 Å². The van der Waals surface area contributed by atoms with Crippen molar-refractivity contribution >= 4 is 39.5 Å². The van der Waals surface area contributed by atoms with E-state index in [1.807, 2.05) is 0 Å². The molecule has 2 unspecified atom stereocenters. The van der Waals surface area contributed by atoms with Crippen LogP contribution in [0.25, 0.3) is 0 Å². The highest BCUT2D eigenvalue weighted by Crippen LogP contribution is 2.45. The number of aliphatic hydroxyl groups excluding tert-OH is 1. The average Bonchev–Trinajstić information content (AvgIpc) is 1.10. The molecule has 0 aliphatic carbocycles. The fourth-order valence-electron chi connectivity index (χ4n) is 12.4. The van der Waals surface area contributed by atoms with Crippen molar-refractivity contribution in [2.75, 3.05) is 39.6 Å². The van der Waals surface area contributed by atoms with Crippen molar-refractivity contribution in [1.29, 1.82) is 0 Å². The van der Waals surface area contributed by atoms with Crippen LogP contribution in [0.1, 0.15) is 420 Å². The van der Waals surface area contributed by atoms with Crippen LogP contribution in [0.2, 0.25) is 0 Å². The summed E-state index contributed by atoms with van der Waals surface area (Å²) < 4.78 is 68.6. The van der Waals surface area contributed by atoms with Crippen molar-refractivity contribution in [2.45, 2.75) is 439 Å². The van der Waals surface area contributed by atoms with E-state index in [2.05, 4.69) is 41.5 Å². The van der Waals surface area contributed by atoms with E-state index in [1.165, 1.54) is 231 Å². The number of carbonyl (C=O) groups is 4. The number of ether oxygens (including phenoxy) is 4. The van der Waals surface area contributed by atoms with E-state index in [-0.39, 0.29) is 25.7 Å². The molecule has 19 heteroatoms. The Balaban J connectivity index is 5.17. The molecule has 0 fully saturated rings. The molecule has 0 saturated heterocycles. The van der Waals surface area contributed by atoms with Crippen molar-refractivity contribution in [3.8, 4) is 0 Å². The summed E-state index contributed by atoms with van der Waals surface area (Å²) in [5.41, 5.74) is 0. The minimum Gasteiger partial charge on any atom is -0.462 e. The van der Waals surface area contributed by atoms with Crippen LogP contribution < -0.4 is 0 Å². The molecule has 0 aliphatic heterocycles. The molecule has 5 atom stereocenters. The number of phosphoric ester groups is 2. The van der Waals surface area contributed by atoms with E-state index in [4.69, 9.17) is 37.0 Å². The van der Waals surface area contributed by atoms with Crippen molar-refractivity contribution < 1.29 is 80.2 Å². The number of esters is 4. The Hall–Kier alpha value is -1.94. The van der Waals surface area contributed by atoms with Gasteiger partial charge in [0.05, 0.1) is 26.4 Å². The molecule has 0 aliphatic rings. The molecular weight excluding hydrogens is 1290 g/mol. The molecule has 0 aromatic heterocycles. The molecule has 3 N–H and O–H groups in total. The molecule has 0 heterocycles. The topological polar surface area (TPSA) is 237 Å². The van der Waals surface area contributed by atoms with Crippen molar-refractivity contribution in [2.24, 2.45) is 11.8 Å². The maximum atomic E-state index is 13.1. The van der Waals surface area contributed by atoms with Gasteiger partial charge in [-0.1, -0.05) is 369 Å². The van der Waals surface area contributed by atoms with Crippen LogP contribution in [-0.4, -0.2) is 96.7 Å². The Morgan fingerprint density at radius 2 is 0.465 bits per heavy atom. The number of rotatable bonds is 79. The number of hydrogen-bond acceptors (Lipinski definition) is 15. The predicted molar refractivity (Wildman–Crippen MR) is 405 cm³/mol. The Kier molecular flexibility index (Phi) is 70.3. The van der Waals surface area contributed by atoms with Crippen molar-refractivity contribution in [3.05, 3.63) is 0 Å². The molecular formula is C80H156O17P2. The van der Waals surface area contributed by atoms with Gasteiger partial charge in [0.15, 0.2) is 12.2 Å². The van der Waals surface area contributed by atoms with Crippen LogP contribution in [0.3, 0.4) is 0 Å². The zero-order chi connectivity index (χ0) is 72.8. The van der Waals surface area contributed by atoms with Crippen molar-refractivity contribution in [1.82, 2.24) is 0 Å². The highest BCUT2D eigenvalue weighted by Gasteiger charge is 2.30. The standard InChI is InChI=1S/C80H156O17P2/c1-7-9-11-13-15-17-19-21-23-25-27-28-30-32-34-36-38-40-44-52-58-64-79(84)96-75(68-90-77(82)62-56-50-43-39-37-35-33-31-29-26-24-22-20-18-16-14-12-10-8-2)70-94-98(86,87)92-66-74(81)67-93-99(88,89)95-71-76(69-91-78(83)63-57-51-47-46-49-55-61-73(5)6)97-80(85)65-59-53-45-41-42-48-54-60-72(3)4/h72-76,81H,7-71H2,1-6H3,(H,86,87)(H,88,89)/t74-,75-,76-/m1/s1. The summed E-state index contributed by atoms with van der Waals surface area (Å²) in [4.78, 5) is 72.8. The third kappa shape index (κ3) is 74.1. The molecule has 99 heavy (non-hydrogen) atoms. The first-order valence-electron chi connectivity index (χ1n) is 41.5. The van der Waals surface area contributed by atoms with Gasteiger partial charge in [0, 0.05) is 25.7 Å². The summed E-state index contributed by atoms with van der Waals surface area (Å²) in [5, 5.41) is 10.6. The first kappa shape index (κ1) is 97.1. The van der Waals surface area contributed by atoms with E-state index in [0.717, 1.165) is 96.3 Å². The molecule has 0 amide bonds. The summed E-state index contributed by atoms with van der Waals surface area (Å²) >= 11 is 0. The van der Waals surface area contributed by atoms with Crippen molar-refractivity contribution in [3.63, 3.8) is 0 Å². The minimum absolute atomic E-state index is 0.103. The van der Waals surface area contributed by atoms with E-state index < -0.39 is 97.5 Å². The lowest BCUT2D eigenvalue weighted by atomic mass is 10.0. The zero-order valence-corrected chi connectivity index (χ0v) is 66.6. The Labute approximate surface area is 607 Å². The number of unbranched alkanes of at least 4 members (excludes halogenated alkanes) is 49. The summed E-state index contributed by atoms with van der Waals surface area (Å²) in [7, 11) is -9.91. The molecule has 588 valence electrons. The van der Waals surface area contributed by atoms with Gasteiger partial charge >= 0.3 is 39.5 Å². The number of aliphatic hydroxyl groups is 1. The summed E-state index contributed by atoms with van der Waals surface area (Å²) in [5.74, 6) is -0.742. The fraction of sp³-hybridized carbons (Fsp3) is 0.950. The fourth-order valence-corrected chi connectivity index (χ4v) is 13.9. The Morgan fingerprint density at radius 3 is 0.687 bits per heavy atom. The summed E-state index contributed by atoms with van der Waals surface area (Å²) in [6, 6.07) is 0. The number of phosphoric acid groups is 2. The van der Waals surface area contributed by atoms with Crippen LogP contribution in [0.15, 0.2) is 0 Å². The smallest absolute Gasteiger partial charge is 0.462 e. The minimum atomic E-state index is -4.96. The lowest BCUT2D eigenvalue weighted by molar-refractivity contribution is -0.161. The van der Waals surface area contributed by atoms with Gasteiger partial charge in [-0.3, -0.25) is 37.3 Å². The Bertz CT molecular complexity index is 1910. The molecule has 0 saturated carbocycles. The molecule has 0 aromatic rings. The molecule has 0 radical (unpaired) electrons. The second kappa shape index (κ2) is 71.7. The maximum absolute atomic E-state index is 13.1. The van der Waals surface area contributed by atoms with Gasteiger partial charge < -0.3 is 33.8 Å². The van der Waals surface area contributed by atoms with E-state index >= 15 is 0 Å². The quantitative estimate of drug-likeness (QED) is 0.0222. The lowest BCUT2D eigenvalue weighted by Crippen LogP contribution is -2.30. The molecule has 0 bridgehead atoms.